The molecule has 0 bridgehead atoms. The van der Waals surface area contributed by atoms with Crippen molar-refractivity contribution in [2.75, 3.05) is 53.0 Å². The molecule has 1 aromatic rings. The minimum Gasteiger partial charge on any atom is -0.383 e. The molecule has 8 heteroatoms. The predicted octanol–water partition coefficient (Wildman–Crippen LogP) is 1.05. The minimum atomic E-state index is 0.0741. The van der Waals surface area contributed by atoms with Crippen LogP contribution in [0.5, 0.6) is 0 Å². The molecule has 25 heavy (non-hydrogen) atoms. The molecule has 140 valence electrons. The van der Waals surface area contributed by atoms with Gasteiger partial charge in [-0.15, -0.1) is 0 Å². The summed E-state index contributed by atoms with van der Waals surface area (Å²) in [5.41, 5.74) is 0. The molecule has 1 aromatic heterocycles. The maximum absolute atomic E-state index is 12.4. The van der Waals surface area contributed by atoms with Gasteiger partial charge in [-0.1, -0.05) is 0 Å². The number of aromatic nitrogens is 3. The number of aromatic amines is 1. The van der Waals surface area contributed by atoms with Gasteiger partial charge in [0.25, 0.3) is 0 Å². The molecule has 2 aliphatic heterocycles. The lowest BCUT2D eigenvalue weighted by Gasteiger charge is -2.34. The Morgan fingerprint density at radius 1 is 1.36 bits per heavy atom. The number of H-pyrrole nitrogens is 1. The molecule has 0 saturated carbocycles. The summed E-state index contributed by atoms with van der Waals surface area (Å²) in [6.07, 6.45) is 5.83. The SMILES string of the molecule is COCCN1CCC[C@H](CNC(=O)N2CCC(c3ncn[nH]3)CC2)C1. The van der Waals surface area contributed by atoms with Gasteiger partial charge in [0.2, 0.25) is 0 Å². The molecule has 0 spiro atoms. The third-order valence-electron chi connectivity index (χ3n) is 5.36. The number of hydrogen-bond acceptors (Lipinski definition) is 5. The van der Waals surface area contributed by atoms with E-state index in [-0.39, 0.29) is 6.03 Å². The number of amides is 2. The lowest BCUT2D eigenvalue weighted by atomic mass is 9.96. The number of urea groups is 1. The van der Waals surface area contributed by atoms with Gasteiger partial charge in [-0.3, -0.25) is 5.10 Å². The van der Waals surface area contributed by atoms with Crippen LogP contribution in [-0.4, -0.2) is 84.0 Å². The Labute approximate surface area is 149 Å². The van der Waals surface area contributed by atoms with Gasteiger partial charge in [0.15, 0.2) is 0 Å². The second-order valence-corrected chi connectivity index (χ2v) is 7.12. The number of nitrogens with one attached hydrogen (secondary N) is 2. The summed E-state index contributed by atoms with van der Waals surface area (Å²) < 4.78 is 5.16. The zero-order valence-corrected chi connectivity index (χ0v) is 15.1. The van der Waals surface area contributed by atoms with Crippen LogP contribution in [0.2, 0.25) is 0 Å². The summed E-state index contributed by atoms with van der Waals surface area (Å²) in [7, 11) is 1.74. The van der Waals surface area contributed by atoms with Gasteiger partial charge in [0.05, 0.1) is 6.61 Å². The van der Waals surface area contributed by atoms with E-state index in [1.165, 1.54) is 12.8 Å². The Kier molecular flexibility index (Phi) is 6.63. The second-order valence-electron chi connectivity index (χ2n) is 7.12. The van der Waals surface area contributed by atoms with Crippen LogP contribution >= 0.6 is 0 Å². The number of rotatable bonds is 6. The molecular formula is C17H30N6O2. The van der Waals surface area contributed by atoms with E-state index in [9.17, 15) is 4.79 Å². The number of likely N-dealkylation sites (tertiary alicyclic amines) is 2. The summed E-state index contributed by atoms with van der Waals surface area (Å²) in [4.78, 5) is 21.0. The predicted molar refractivity (Wildman–Crippen MR) is 94.4 cm³/mol. The largest absolute Gasteiger partial charge is 0.383 e. The third kappa shape index (κ3) is 5.15. The number of nitrogens with zero attached hydrogens (tertiary/aromatic N) is 4. The molecule has 0 unspecified atom stereocenters. The molecule has 2 aliphatic rings. The van der Waals surface area contributed by atoms with Gasteiger partial charge in [-0.05, 0) is 38.1 Å². The lowest BCUT2D eigenvalue weighted by molar-refractivity contribution is 0.113. The van der Waals surface area contributed by atoms with Gasteiger partial charge in [0.1, 0.15) is 12.2 Å². The molecule has 0 radical (unpaired) electrons. The first kappa shape index (κ1) is 18.1. The Morgan fingerprint density at radius 2 is 2.20 bits per heavy atom. The van der Waals surface area contributed by atoms with Crippen molar-refractivity contribution >= 4 is 6.03 Å². The Balaban J connectivity index is 1.37. The number of hydrogen-bond donors (Lipinski definition) is 2. The smallest absolute Gasteiger partial charge is 0.317 e. The molecule has 2 fully saturated rings. The number of carbonyl (C=O) groups excluding carboxylic acids is 1. The van der Waals surface area contributed by atoms with E-state index < -0.39 is 0 Å². The van der Waals surface area contributed by atoms with Gasteiger partial charge < -0.3 is 19.9 Å². The average Bonchev–Trinajstić information content (AvgIpc) is 3.20. The van der Waals surface area contributed by atoms with Gasteiger partial charge >= 0.3 is 6.03 Å². The van der Waals surface area contributed by atoms with E-state index in [2.05, 4.69) is 25.4 Å². The minimum absolute atomic E-state index is 0.0741. The van der Waals surface area contributed by atoms with Crippen LogP contribution in [0.3, 0.4) is 0 Å². The van der Waals surface area contributed by atoms with Crippen molar-refractivity contribution < 1.29 is 9.53 Å². The molecular weight excluding hydrogens is 320 g/mol. The zero-order chi connectivity index (χ0) is 17.5. The van der Waals surface area contributed by atoms with Crippen molar-refractivity contribution in [1.29, 1.82) is 0 Å². The van der Waals surface area contributed by atoms with Gasteiger partial charge in [-0.25, -0.2) is 9.78 Å². The lowest BCUT2D eigenvalue weighted by Crippen LogP contribution is -2.47. The highest BCUT2D eigenvalue weighted by Gasteiger charge is 2.26. The van der Waals surface area contributed by atoms with Crippen molar-refractivity contribution in [3.63, 3.8) is 0 Å². The van der Waals surface area contributed by atoms with Crippen LogP contribution in [0, 0.1) is 5.92 Å². The summed E-state index contributed by atoms with van der Waals surface area (Å²) >= 11 is 0. The number of ether oxygens (including phenoxy) is 1. The van der Waals surface area contributed by atoms with E-state index in [0.717, 1.165) is 64.5 Å². The fourth-order valence-electron chi connectivity index (χ4n) is 3.85. The van der Waals surface area contributed by atoms with Gasteiger partial charge in [-0.2, -0.15) is 5.10 Å². The molecule has 3 heterocycles. The van der Waals surface area contributed by atoms with E-state index >= 15 is 0 Å². The summed E-state index contributed by atoms with van der Waals surface area (Å²) in [6, 6.07) is 0.0741. The molecule has 1 atom stereocenters. The van der Waals surface area contributed by atoms with Crippen LogP contribution in [0.4, 0.5) is 4.79 Å². The Bertz CT molecular complexity index is 515. The highest BCUT2D eigenvalue weighted by Crippen LogP contribution is 2.25. The highest BCUT2D eigenvalue weighted by atomic mass is 16.5. The first-order chi connectivity index (χ1) is 12.3. The fourth-order valence-corrected chi connectivity index (χ4v) is 3.85. The van der Waals surface area contributed by atoms with Crippen molar-refractivity contribution in [3.8, 4) is 0 Å². The van der Waals surface area contributed by atoms with Crippen molar-refractivity contribution in [3.05, 3.63) is 12.2 Å². The first-order valence-corrected chi connectivity index (χ1v) is 9.35. The Hall–Kier alpha value is -1.67. The summed E-state index contributed by atoms with van der Waals surface area (Å²) in [5, 5.41) is 10.0. The maximum atomic E-state index is 12.4. The maximum Gasteiger partial charge on any atom is 0.317 e. The number of carbonyl (C=O) groups is 1. The normalized spacial score (nSPS) is 22.9. The van der Waals surface area contributed by atoms with Crippen LogP contribution < -0.4 is 5.32 Å². The van der Waals surface area contributed by atoms with Gasteiger partial charge in [0, 0.05) is 45.8 Å². The molecule has 2 N–H and O–H groups in total. The fraction of sp³-hybridized carbons (Fsp3) is 0.824. The molecule has 0 aliphatic carbocycles. The monoisotopic (exact) mass is 350 g/mol. The van der Waals surface area contributed by atoms with E-state index in [1.54, 1.807) is 13.4 Å². The molecule has 0 aromatic carbocycles. The quantitative estimate of drug-likeness (QED) is 0.801. The zero-order valence-electron chi connectivity index (χ0n) is 15.1. The standard InChI is InChI=1S/C17H30N6O2/c1-25-10-9-22-6-2-3-14(12-22)11-18-17(24)23-7-4-15(5-8-23)16-19-13-20-21-16/h13-15H,2-12H2,1H3,(H,18,24)(H,19,20,21)/t14-/m1/s1. The molecule has 8 nitrogen and oxygen atoms in total. The summed E-state index contributed by atoms with van der Waals surface area (Å²) in [6.45, 7) is 6.28. The molecule has 3 rings (SSSR count). The highest BCUT2D eigenvalue weighted by molar-refractivity contribution is 5.74. The van der Waals surface area contributed by atoms with E-state index in [0.29, 0.717) is 11.8 Å². The van der Waals surface area contributed by atoms with E-state index in [4.69, 9.17) is 4.74 Å². The number of piperidine rings is 2. The van der Waals surface area contributed by atoms with Crippen LogP contribution in [0.1, 0.15) is 37.4 Å². The number of methoxy groups -OCH3 is 1. The van der Waals surface area contributed by atoms with Crippen molar-refractivity contribution in [2.24, 2.45) is 5.92 Å². The topological polar surface area (TPSA) is 86.4 Å². The van der Waals surface area contributed by atoms with Crippen molar-refractivity contribution in [1.82, 2.24) is 30.3 Å². The average molecular weight is 350 g/mol. The van der Waals surface area contributed by atoms with Crippen molar-refractivity contribution in [2.45, 2.75) is 31.6 Å². The molecule has 2 amide bonds. The van der Waals surface area contributed by atoms with Crippen LogP contribution in [0.25, 0.3) is 0 Å². The summed E-state index contributed by atoms with van der Waals surface area (Å²) in [5.74, 6) is 1.87. The first-order valence-electron chi connectivity index (χ1n) is 9.35. The van der Waals surface area contributed by atoms with Crippen LogP contribution in [0.15, 0.2) is 6.33 Å². The third-order valence-corrected chi connectivity index (χ3v) is 5.36. The van der Waals surface area contributed by atoms with Crippen LogP contribution in [-0.2, 0) is 4.74 Å². The second kappa shape index (κ2) is 9.15. The van der Waals surface area contributed by atoms with E-state index in [1.807, 2.05) is 4.90 Å². The Morgan fingerprint density at radius 3 is 2.92 bits per heavy atom. The molecule has 2 saturated heterocycles.